The number of hydrogen-bond donors (Lipinski definition) is 1. The molecule has 0 atom stereocenters. The average Bonchev–Trinajstić information content (AvgIpc) is 2.74. The third-order valence-electron chi connectivity index (χ3n) is 2.79. The second-order valence-electron chi connectivity index (χ2n) is 5.70. The molecule has 0 radical (unpaired) electrons. The summed E-state index contributed by atoms with van der Waals surface area (Å²) in [6.45, 7) is 9.97. The Morgan fingerprint density at radius 1 is 1.47 bits per heavy atom. The van der Waals surface area contributed by atoms with Crippen molar-refractivity contribution >= 4 is 16.3 Å². The second kappa shape index (κ2) is 4.78. The fourth-order valence-electron chi connectivity index (χ4n) is 1.89. The van der Waals surface area contributed by atoms with Gasteiger partial charge < -0.3 is 5.32 Å². The lowest BCUT2D eigenvalue weighted by Crippen LogP contribution is -2.35. The zero-order valence-electron chi connectivity index (χ0n) is 11.0. The van der Waals surface area contributed by atoms with E-state index in [1.807, 2.05) is 0 Å². The van der Waals surface area contributed by atoms with Crippen molar-refractivity contribution in [2.75, 3.05) is 6.54 Å². The standard InChI is InChI=1S/C13H21N3S/c1-10(2)14-9-13(3,4)7-11-8-16-5-6-17-12(16)15-11/h5-6,8,10,14H,7,9H2,1-4H3. The van der Waals surface area contributed by atoms with Crippen molar-refractivity contribution in [3.05, 3.63) is 23.5 Å². The van der Waals surface area contributed by atoms with Gasteiger partial charge in [0.25, 0.3) is 0 Å². The first-order chi connectivity index (χ1) is 7.96. The molecule has 3 nitrogen and oxygen atoms in total. The number of nitrogens with one attached hydrogen (secondary N) is 1. The van der Waals surface area contributed by atoms with Crippen LogP contribution in [0.15, 0.2) is 17.8 Å². The van der Waals surface area contributed by atoms with E-state index in [2.05, 4.69) is 60.2 Å². The number of nitrogens with zero attached hydrogens (tertiary/aromatic N) is 2. The molecule has 0 bridgehead atoms. The summed E-state index contributed by atoms with van der Waals surface area (Å²) in [5, 5.41) is 5.57. The topological polar surface area (TPSA) is 29.3 Å². The van der Waals surface area contributed by atoms with Gasteiger partial charge in [0.1, 0.15) is 0 Å². The Kier molecular flexibility index (Phi) is 3.54. The minimum Gasteiger partial charge on any atom is -0.314 e. The molecule has 0 unspecified atom stereocenters. The van der Waals surface area contributed by atoms with Gasteiger partial charge in [-0.1, -0.05) is 27.7 Å². The van der Waals surface area contributed by atoms with Crippen LogP contribution in [0.1, 0.15) is 33.4 Å². The summed E-state index contributed by atoms with van der Waals surface area (Å²) in [5.41, 5.74) is 1.43. The van der Waals surface area contributed by atoms with Crippen molar-refractivity contribution in [2.24, 2.45) is 5.41 Å². The van der Waals surface area contributed by atoms with Crippen LogP contribution in [0.25, 0.3) is 4.96 Å². The molecule has 0 aliphatic rings. The molecule has 0 aromatic carbocycles. The van der Waals surface area contributed by atoms with Crippen molar-refractivity contribution in [1.29, 1.82) is 0 Å². The van der Waals surface area contributed by atoms with Gasteiger partial charge in [-0.25, -0.2) is 4.98 Å². The number of rotatable bonds is 5. The largest absolute Gasteiger partial charge is 0.314 e. The number of imidazole rings is 1. The van der Waals surface area contributed by atoms with E-state index in [1.54, 1.807) is 11.3 Å². The fraction of sp³-hybridized carbons (Fsp3) is 0.615. The minimum absolute atomic E-state index is 0.244. The molecule has 1 N–H and O–H groups in total. The van der Waals surface area contributed by atoms with Gasteiger partial charge in [0.05, 0.1) is 5.69 Å². The van der Waals surface area contributed by atoms with E-state index in [-0.39, 0.29) is 5.41 Å². The van der Waals surface area contributed by atoms with Gasteiger partial charge >= 0.3 is 0 Å². The monoisotopic (exact) mass is 251 g/mol. The average molecular weight is 251 g/mol. The molecule has 0 fully saturated rings. The lowest BCUT2D eigenvalue weighted by atomic mass is 9.88. The van der Waals surface area contributed by atoms with Crippen molar-refractivity contribution in [3.63, 3.8) is 0 Å². The highest BCUT2D eigenvalue weighted by Gasteiger charge is 2.20. The zero-order valence-corrected chi connectivity index (χ0v) is 11.8. The van der Waals surface area contributed by atoms with Gasteiger partial charge in [-0.2, -0.15) is 0 Å². The van der Waals surface area contributed by atoms with Crippen molar-refractivity contribution < 1.29 is 0 Å². The quantitative estimate of drug-likeness (QED) is 0.885. The van der Waals surface area contributed by atoms with Crippen LogP contribution in [0.4, 0.5) is 0 Å². The molecule has 17 heavy (non-hydrogen) atoms. The molecule has 0 spiro atoms. The predicted octanol–water partition coefficient (Wildman–Crippen LogP) is 2.96. The third-order valence-corrected chi connectivity index (χ3v) is 3.56. The van der Waals surface area contributed by atoms with Crippen molar-refractivity contribution in [1.82, 2.24) is 14.7 Å². The van der Waals surface area contributed by atoms with Gasteiger partial charge in [-0.15, -0.1) is 11.3 Å². The van der Waals surface area contributed by atoms with E-state index in [0.29, 0.717) is 6.04 Å². The molecule has 0 saturated heterocycles. The number of thiazole rings is 1. The van der Waals surface area contributed by atoms with Crippen molar-refractivity contribution in [3.8, 4) is 0 Å². The van der Waals surface area contributed by atoms with E-state index < -0.39 is 0 Å². The molecule has 0 amide bonds. The first-order valence-corrected chi connectivity index (χ1v) is 6.99. The van der Waals surface area contributed by atoms with E-state index >= 15 is 0 Å². The molecule has 2 aromatic heterocycles. The summed E-state index contributed by atoms with van der Waals surface area (Å²) >= 11 is 1.69. The highest BCUT2D eigenvalue weighted by Crippen LogP contribution is 2.22. The first-order valence-electron chi connectivity index (χ1n) is 6.11. The molecule has 2 heterocycles. The molecule has 2 aromatic rings. The van der Waals surface area contributed by atoms with Crippen LogP contribution in [-0.2, 0) is 6.42 Å². The summed E-state index contributed by atoms with van der Waals surface area (Å²) in [6, 6.07) is 0.541. The maximum absolute atomic E-state index is 4.64. The Bertz CT molecular complexity index is 453. The smallest absolute Gasteiger partial charge is 0.193 e. The summed E-state index contributed by atoms with van der Waals surface area (Å²) in [4.78, 5) is 5.73. The SMILES string of the molecule is CC(C)NCC(C)(C)Cc1cn2ccsc2n1. The fourth-order valence-corrected chi connectivity index (χ4v) is 2.61. The van der Waals surface area contributed by atoms with E-state index in [1.165, 1.54) is 5.69 Å². The molecule has 94 valence electrons. The maximum atomic E-state index is 4.64. The number of aromatic nitrogens is 2. The summed E-state index contributed by atoms with van der Waals surface area (Å²) in [5.74, 6) is 0. The van der Waals surface area contributed by atoms with Crippen molar-refractivity contribution in [2.45, 2.75) is 40.2 Å². The Hall–Kier alpha value is -0.870. The van der Waals surface area contributed by atoms with Crippen LogP contribution in [0.5, 0.6) is 0 Å². The molecule has 0 saturated carbocycles. The molecule has 0 aliphatic carbocycles. The minimum atomic E-state index is 0.244. The second-order valence-corrected chi connectivity index (χ2v) is 6.57. The van der Waals surface area contributed by atoms with Crippen LogP contribution in [0, 0.1) is 5.41 Å². The molecule has 4 heteroatoms. The number of hydrogen-bond acceptors (Lipinski definition) is 3. The molecular weight excluding hydrogens is 230 g/mol. The third kappa shape index (κ3) is 3.30. The lowest BCUT2D eigenvalue weighted by molar-refractivity contribution is 0.323. The van der Waals surface area contributed by atoms with Gasteiger partial charge in [0.2, 0.25) is 0 Å². The van der Waals surface area contributed by atoms with Crippen LogP contribution in [0.3, 0.4) is 0 Å². The normalized spacial score (nSPS) is 12.8. The lowest BCUT2D eigenvalue weighted by Gasteiger charge is -2.25. The Morgan fingerprint density at radius 2 is 2.24 bits per heavy atom. The van der Waals surface area contributed by atoms with Crippen LogP contribution in [0.2, 0.25) is 0 Å². The first kappa shape index (κ1) is 12.6. The number of fused-ring (bicyclic) bond motifs is 1. The summed E-state index contributed by atoms with van der Waals surface area (Å²) in [6.07, 6.45) is 5.22. The van der Waals surface area contributed by atoms with Gasteiger partial charge in [-0.3, -0.25) is 4.40 Å². The van der Waals surface area contributed by atoms with E-state index in [9.17, 15) is 0 Å². The predicted molar refractivity (Wildman–Crippen MR) is 73.7 cm³/mol. The van der Waals surface area contributed by atoms with Crippen LogP contribution >= 0.6 is 11.3 Å². The van der Waals surface area contributed by atoms with Gasteiger partial charge in [0.15, 0.2) is 4.96 Å². The van der Waals surface area contributed by atoms with Gasteiger partial charge in [-0.05, 0) is 11.8 Å². The Balaban J connectivity index is 2.01. The van der Waals surface area contributed by atoms with Gasteiger partial charge in [0, 0.05) is 30.4 Å². The molecular formula is C13H21N3S. The van der Waals surface area contributed by atoms with E-state index in [0.717, 1.165) is 17.9 Å². The molecule has 0 aliphatic heterocycles. The van der Waals surface area contributed by atoms with Crippen LogP contribution < -0.4 is 5.32 Å². The Labute approximate surface area is 107 Å². The summed E-state index contributed by atoms with van der Waals surface area (Å²) in [7, 11) is 0. The highest BCUT2D eigenvalue weighted by atomic mass is 32.1. The Morgan fingerprint density at radius 3 is 2.88 bits per heavy atom. The summed E-state index contributed by atoms with van der Waals surface area (Å²) < 4.78 is 2.10. The van der Waals surface area contributed by atoms with Crippen LogP contribution in [-0.4, -0.2) is 22.0 Å². The maximum Gasteiger partial charge on any atom is 0.193 e. The van der Waals surface area contributed by atoms with E-state index in [4.69, 9.17) is 0 Å². The highest BCUT2D eigenvalue weighted by molar-refractivity contribution is 7.15. The zero-order chi connectivity index (χ0) is 12.5. The molecule has 2 rings (SSSR count).